The third-order valence-corrected chi connectivity index (χ3v) is 2.83. The normalized spacial score (nSPS) is 15.4. The lowest BCUT2D eigenvalue weighted by Gasteiger charge is -2.27. The number of anilines is 1. The van der Waals surface area contributed by atoms with Gasteiger partial charge in [-0.2, -0.15) is 0 Å². The topological polar surface area (TPSA) is 92.9 Å². The molecule has 1 aromatic carbocycles. The van der Waals surface area contributed by atoms with Crippen LogP contribution in [-0.4, -0.2) is 48.2 Å². The minimum Gasteiger partial charge on any atom is -0.478 e. The molecule has 0 spiro atoms. The number of nitrogens with two attached hydrogens (primary N) is 1. The molecule has 1 aromatic rings. The van der Waals surface area contributed by atoms with Crippen molar-refractivity contribution in [2.24, 2.45) is 0 Å². The van der Waals surface area contributed by atoms with Crippen LogP contribution in [0.4, 0.5) is 5.69 Å². The van der Waals surface area contributed by atoms with Crippen molar-refractivity contribution in [1.29, 1.82) is 0 Å². The maximum absolute atomic E-state index is 12.1. The standard InChI is InChI=1S/C12H14N2O4/c13-10-7-8(1-2-9(10)12(16)17)11(15)14-3-5-18-6-4-14/h1-2,7H,3-6,13H2,(H,16,17). The fourth-order valence-electron chi connectivity index (χ4n) is 1.84. The van der Waals surface area contributed by atoms with Crippen LogP contribution in [0.5, 0.6) is 0 Å². The molecule has 1 aliphatic heterocycles. The van der Waals surface area contributed by atoms with Gasteiger partial charge in [-0.05, 0) is 18.2 Å². The lowest BCUT2D eigenvalue weighted by atomic mass is 10.1. The molecule has 0 bridgehead atoms. The van der Waals surface area contributed by atoms with E-state index in [0.717, 1.165) is 0 Å². The number of nitrogen functional groups attached to an aromatic ring is 1. The SMILES string of the molecule is Nc1cc(C(=O)N2CCOCC2)ccc1C(=O)O. The molecule has 1 heterocycles. The van der Waals surface area contributed by atoms with Gasteiger partial charge < -0.3 is 20.5 Å². The number of nitrogens with zero attached hydrogens (tertiary/aromatic N) is 1. The van der Waals surface area contributed by atoms with Crippen molar-refractivity contribution in [3.8, 4) is 0 Å². The molecule has 2 rings (SSSR count). The Kier molecular flexibility index (Phi) is 3.47. The molecule has 18 heavy (non-hydrogen) atoms. The average molecular weight is 250 g/mol. The van der Waals surface area contributed by atoms with Crippen molar-refractivity contribution >= 4 is 17.6 Å². The molecule has 0 aliphatic carbocycles. The van der Waals surface area contributed by atoms with E-state index >= 15 is 0 Å². The van der Waals surface area contributed by atoms with Gasteiger partial charge in [-0.25, -0.2) is 4.79 Å². The second-order valence-electron chi connectivity index (χ2n) is 4.01. The van der Waals surface area contributed by atoms with E-state index in [-0.39, 0.29) is 17.2 Å². The van der Waals surface area contributed by atoms with E-state index in [2.05, 4.69) is 0 Å². The first-order valence-corrected chi connectivity index (χ1v) is 5.59. The fraction of sp³-hybridized carbons (Fsp3) is 0.333. The molecule has 0 radical (unpaired) electrons. The van der Waals surface area contributed by atoms with Crippen molar-refractivity contribution in [2.75, 3.05) is 32.0 Å². The molecule has 1 saturated heterocycles. The highest BCUT2D eigenvalue weighted by molar-refractivity contribution is 5.99. The Hall–Kier alpha value is -2.08. The summed E-state index contributed by atoms with van der Waals surface area (Å²) in [5.74, 6) is -1.25. The summed E-state index contributed by atoms with van der Waals surface area (Å²) in [5.41, 5.74) is 6.12. The number of benzene rings is 1. The van der Waals surface area contributed by atoms with E-state index in [1.54, 1.807) is 4.90 Å². The number of carbonyl (C=O) groups is 2. The van der Waals surface area contributed by atoms with Gasteiger partial charge in [-0.15, -0.1) is 0 Å². The van der Waals surface area contributed by atoms with Crippen LogP contribution in [0, 0.1) is 0 Å². The number of carboxylic acids is 1. The molecule has 3 N–H and O–H groups in total. The highest BCUT2D eigenvalue weighted by Crippen LogP contribution is 2.16. The van der Waals surface area contributed by atoms with Crippen LogP contribution in [0.25, 0.3) is 0 Å². The van der Waals surface area contributed by atoms with Crippen LogP contribution >= 0.6 is 0 Å². The van der Waals surface area contributed by atoms with Gasteiger partial charge >= 0.3 is 5.97 Å². The minimum atomic E-state index is -1.10. The van der Waals surface area contributed by atoms with Crippen molar-refractivity contribution < 1.29 is 19.4 Å². The number of carboxylic acid groups (broad SMARTS) is 1. The van der Waals surface area contributed by atoms with Gasteiger partial charge in [0.2, 0.25) is 0 Å². The maximum Gasteiger partial charge on any atom is 0.337 e. The molecule has 0 saturated carbocycles. The van der Waals surface area contributed by atoms with Gasteiger partial charge in [0.25, 0.3) is 5.91 Å². The van der Waals surface area contributed by atoms with Crippen molar-refractivity contribution in [3.05, 3.63) is 29.3 Å². The van der Waals surface area contributed by atoms with Crippen LogP contribution in [0.15, 0.2) is 18.2 Å². The summed E-state index contributed by atoms with van der Waals surface area (Å²) in [4.78, 5) is 24.6. The first-order chi connectivity index (χ1) is 8.59. The van der Waals surface area contributed by atoms with Gasteiger partial charge in [0.15, 0.2) is 0 Å². The summed E-state index contributed by atoms with van der Waals surface area (Å²) in [6.45, 7) is 2.13. The molecule has 0 aromatic heterocycles. The van der Waals surface area contributed by atoms with Crippen LogP contribution in [0.1, 0.15) is 20.7 Å². The molecule has 0 atom stereocenters. The van der Waals surface area contributed by atoms with Gasteiger partial charge in [0.05, 0.1) is 18.8 Å². The summed E-state index contributed by atoms with van der Waals surface area (Å²) in [5, 5.41) is 8.85. The van der Waals surface area contributed by atoms with E-state index in [1.165, 1.54) is 18.2 Å². The van der Waals surface area contributed by atoms with E-state index < -0.39 is 5.97 Å². The second kappa shape index (κ2) is 5.05. The van der Waals surface area contributed by atoms with Crippen molar-refractivity contribution in [1.82, 2.24) is 4.90 Å². The monoisotopic (exact) mass is 250 g/mol. The molecule has 1 fully saturated rings. The lowest BCUT2D eigenvalue weighted by molar-refractivity contribution is 0.0303. The molecule has 1 aliphatic rings. The number of aromatic carboxylic acids is 1. The molecule has 0 unspecified atom stereocenters. The molecular formula is C12H14N2O4. The molecular weight excluding hydrogens is 236 g/mol. The number of carbonyl (C=O) groups excluding carboxylic acids is 1. The zero-order valence-electron chi connectivity index (χ0n) is 9.76. The van der Waals surface area contributed by atoms with E-state index in [9.17, 15) is 9.59 Å². The smallest absolute Gasteiger partial charge is 0.337 e. The highest BCUT2D eigenvalue weighted by atomic mass is 16.5. The number of hydrogen-bond acceptors (Lipinski definition) is 4. The number of rotatable bonds is 2. The van der Waals surface area contributed by atoms with E-state index in [1.807, 2.05) is 0 Å². The van der Waals surface area contributed by atoms with Crippen LogP contribution in [-0.2, 0) is 4.74 Å². The number of amides is 1. The lowest BCUT2D eigenvalue weighted by Crippen LogP contribution is -2.40. The predicted molar refractivity (Wildman–Crippen MR) is 64.5 cm³/mol. The third-order valence-electron chi connectivity index (χ3n) is 2.83. The predicted octanol–water partition coefficient (Wildman–Crippen LogP) is 0.439. The quantitative estimate of drug-likeness (QED) is 0.743. The largest absolute Gasteiger partial charge is 0.478 e. The summed E-state index contributed by atoms with van der Waals surface area (Å²) >= 11 is 0. The average Bonchev–Trinajstić information content (AvgIpc) is 2.38. The minimum absolute atomic E-state index is 0.00790. The Morgan fingerprint density at radius 3 is 2.50 bits per heavy atom. The van der Waals surface area contributed by atoms with E-state index in [0.29, 0.717) is 31.9 Å². The molecule has 1 amide bonds. The third kappa shape index (κ3) is 2.43. The molecule has 6 heteroatoms. The Labute approximate surface area is 104 Å². The molecule has 6 nitrogen and oxygen atoms in total. The van der Waals surface area contributed by atoms with Crippen LogP contribution in [0.2, 0.25) is 0 Å². The van der Waals surface area contributed by atoms with Gasteiger partial charge in [0.1, 0.15) is 0 Å². The van der Waals surface area contributed by atoms with Gasteiger partial charge in [0, 0.05) is 24.3 Å². The van der Waals surface area contributed by atoms with Crippen LogP contribution in [0.3, 0.4) is 0 Å². The Balaban J connectivity index is 2.20. The first kappa shape index (κ1) is 12.4. The number of hydrogen-bond donors (Lipinski definition) is 2. The Bertz CT molecular complexity index is 481. The van der Waals surface area contributed by atoms with E-state index in [4.69, 9.17) is 15.6 Å². The van der Waals surface area contributed by atoms with Crippen LogP contribution < -0.4 is 5.73 Å². The highest BCUT2D eigenvalue weighted by Gasteiger charge is 2.19. The van der Waals surface area contributed by atoms with Crippen molar-refractivity contribution in [3.63, 3.8) is 0 Å². The molecule has 96 valence electrons. The number of morpholine rings is 1. The van der Waals surface area contributed by atoms with Gasteiger partial charge in [-0.3, -0.25) is 4.79 Å². The summed E-state index contributed by atoms with van der Waals surface area (Å²) in [7, 11) is 0. The fourth-order valence-corrected chi connectivity index (χ4v) is 1.84. The van der Waals surface area contributed by atoms with Gasteiger partial charge in [-0.1, -0.05) is 0 Å². The summed E-state index contributed by atoms with van der Waals surface area (Å²) in [6, 6.07) is 4.24. The number of ether oxygens (including phenoxy) is 1. The summed E-state index contributed by atoms with van der Waals surface area (Å²) < 4.78 is 5.16. The van der Waals surface area contributed by atoms with Crippen molar-refractivity contribution in [2.45, 2.75) is 0 Å². The zero-order valence-corrected chi connectivity index (χ0v) is 9.76. The summed E-state index contributed by atoms with van der Waals surface area (Å²) in [6.07, 6.45) is 0. The Morgan fingerprint density at radius 1 is 1.28 bits per heavy atom. The second-order valence-corrected chi connectivity index (χ2v) is 4.01. The zero-order chi connectivity index (χ0) is 13.1. The first-order valence-electron chi connectivity index (χ1n) is 5.59. The maximum atomic E-state index is 12.1. The Morgan fingerprint density at radius 2 is 1.94 bits per heavy atom.